The molecule has 3 rings (SSSR count). The van der Waals surface area contributed by atoms with Gasteiger partial charge in [0.2, 0.25) is 11.6 Å². The summed E-state index contributed by atoms with van der Waals surface area (Å²) < 4.78 is 44.8. The van der Waals surface area contributed by atoms with Crippen molar-refractivity contribution in [1.29, 1.82) is 0 Å². The van der Waals surface area contributed by atoms with Crippen LogP contribution in [0.4, 0.5) is 30.5 Å². The summed E-state index contributed by atoms with van der Waals surface area (Å²) in [5.41, 5.74) is -0.278. The summed E-state index contributed by atoms with van der Waals surface area (Å²) >= 11 is 0. The maximum atomic E-state index is 13.3. The van der Waals surface area contributed by atoms with Crippen LogP contribution >= 0.6 is 0 Å². The zero-order chi connectivity index (χ0) is 18.7. The first-order valence-electron chi connectivity index (χ1n) is 7.66. The molecule has 1 fully saturated rings. The topological polar surface area (TPSA) is 93.4 Å². The van der Waals surface area contributed by atoms with E-state index in [1.807, 2.05) is 0 Å². The minimum Gasteiger partial charge on any atom is -0.378 e. The largest absolute Gasteiger partial charge is 0.378 e. The Hall–Kier alpha value is -2.95. The predicted molar refractivity (Wildman–Crippen MR) is 85.4 cm³/mol. The number of aromatic nitrogens is 2. The molecule has 0 atom stereocenters. The first-order valence-corrected chi connectivity index (χ1v) is 7.66. The van der Waals surface area contributed by atoms with E-state index in [0.29, 0.717) is 26.3 Å². The average molecular weight is 369 g/mol. The molecule has 0 unspecified atom stereocenters. The maximum Gasteiger partial charge on any atom is 0.353 e. The van der Waals surface area contributed by atoms with Gasteiger partial charge in [-0.1, -0.05) is 0 Å². The van der Waals surface area contributed by atoms with Crippen molar-refractivity contribution in [3.63, 3.8) is 0 Å². The van der Waals surface area contributed by atoms with Crippen LogP contribution in [-0.4, -0.2) is 41.2 Å². The van der Waals surface area contributed by atoms with Crippen LogP contribution in [0, 0.1) is 27.6 Å². The van der Waals surface area contributed by atoms with Gasteiger partial charge in [-0.05, 0) is 17.7 Å². The van der Waals surface area contributed by atoms with Crippen molar-refractivity contribution >= 4 is 17.3 Å². The Morgan fingerprint density at radius 3 is 2.46 bits per heavy atom. The van der Waals surface area contributed by atoms with Gasteiger partial charge in [0.25, 0.3) is 0 Å². The third-order valence-electron chi connectivity index (χ3n) is 3.80. The summed E-state index contributed by atoms with van der Waals surface area (Å²) in [6.07, 6.45) is 1.16. The predicted octanol–water partition coefficient (Wildman–Crippen LogP) is 2.25. The standard InChI is InChI=1S/C15H14F3N5O3/c16-10-5-9(6-11(17)12(10)18)7-19-14-13(23(24)25)15(21-8-20-14)22-1-3-26-4-2-22/h5-6,8H,1-4,7H2,(H,19,20,21). The molecule has 1 aromatic heterocycles. The third-order valence-corrected chi connectivity index (χ3v) is 3.80. The Labute approximate surface area is 145 Å². The van der Waals surface area contributed by atoms with Crippen molar-refractivity contribution < 1.29 is 22.8 Å². The second-order valence-electron chi connectivity index (χ2n) is 5.48. The molecule has 0 radical (unpaired) electrons. The molecular formula is C15H14F3N5O3. The van der Waals surface area contributed by atoms with Crippen molar-refractivity contribution in [1.82, 2.24) is 9.97 Å². The fraction of sp³-hybridized carbons (Fsp3) is 0.333. The summed E-state index contributed by atoms with van der Waals surface area (Å²) in [5, 5.41) is 14.2. The number of nitrogens with one attached hydrogen (secondary N) is 1. The second kappa shape index (κ2) is 7.52. The van der Waals surface area contributed by atoms with E-state index in [1.54, 1.807) is 4.90 Å². The number of benzene rings is 1. The number of nitro groups is 1. The zero-order valence-electron chi connectivity index (χ0n) is 13.4. The molecule has 1 saturated heterocycles. The molecule has 1 aliphatic rings. The molecule has 8 nitrogen and oxygen atoms in total. The highest BCUT2D eigenvalue weighted by Crippen LogP contribution is 2.32. The maximum absolute atomic E-state index is 13.3. The van der Waals surface area contributed by atoms with Crippen molar-refractivity contribution in [3.8, 4) is 0 Å². The molecule has 1 aromatic carbocycles. The van der Waals surface area contributed by atoms with E-state index in [9.17, 15) is 23.3 Å². The summed E-state index contributed by atoms with van der Waals surface area (Å²) in [7, 11) is 0. The third kappa shape index (κ3) is 3.67. The molecule has 1 aliphatic heterocycles. The normalized spacial score (nSPS) is 14.3. The second-order valence-corrected chi connectivity index (χ2v) is 5.48. The van der Waals surface area contributed by atoms with E-state index in [4.69, 9.17) is 4.74 Å². The van der Waals surface area contributed by atoms with Crippen LogP contribution in [0.5, 0.6) is 0 Å². The van der Waals surface area contributed by atoms with Crippen LogP contribution in [0.3, 0.4) is 0 Å². The lowest BCUT2D eigenvalue weighted by molar-refractivity contribution is -0.383. The quantitative estimate of drug-likeness (QED) is 0.491. The van der Waals surface area contributed by atoms with Crippen LogP contribution in [0.15, 0.2) is 18.5 Å². The van der Waals surface area contributed by atoms with Gasteiger partial charge in [0, 0.05) is 19.6 Å². The Bertz CT molecular complexity index is 807. The van der Waals surface area contributed by atoms with E-state index < -0.39 is 22.4 Å². The van der Waals surface area contributed by atoms with Gasteiger partial charge in [-0.25, -0.2) is 23.1 Å². The van der Waals surface area contributed by atoms with E-state index in [1.165, 1.54) is 0 Å². The van der Waals surface area contributed by atoms with Gasteiger partial charge in [-0.2, -0.15) is 0 Å². The van der Waals surface area contributed by atoms with Crippen LogP contribution < -0.4 is 10.2 Å². The molecular weight excluding hydrogens is 355 g/mol. The van der Waals surface area contributed by atoms with Gasteiger partial charge in [-0.15, -0.1) is 0 Å². The van der Waals surface area contributed by atoms with E-state index in [-0.39, 0.29) is 29.4 Å². The Morgan fingerprint density at radius 2 is 1.85 bits per heavy atom. The first kappa shape index (κ1) is 17.9. The molecule has 0 bridgehead atoms. The highest BCUT2D eigenvalue weighted by molar-refractivity contribution is 5.70. The molecule has 11 heteroatoms. The van der Waals surface area contributed by atoms with Gasteiger partial charge in [-0.3, -0.25) is 10.1 Å². The zero-order valence-corrected chi connectivity index (χ0v) is 13.4. The van der Waals surface area contributed by atoms with E-state index in [2.05, 4.69) is 15.3 Å². The smallest absolute Gasteiger partial charge is 0.353 e. The van der Waals surface area contributed by atoms with Crippen LogP contribution in [0.2, 0.25) is 0 Å². The average Bonchev–Trinajstić information content (AvgIpc) is 2.64. The van der Waals surface area contributed by atoms with Crippen molar-refractivity contribution in [3.05, 3.63) is 51.6 Å². The van der Waals surface area contributed by atoms with E-state index >= 15 is 0 Å². The Kier molecular flexibility index (Phi) is 5.16. The number of ether oxygens (including phenoxy) is 1. The molecule has 0 aliphatic carbocycles. The first-order chi connectivity index (χ1) is 12.5. The molecule has 1 N–H and O–H groups in total. The molecule has 0 amide bonds. The summed E-state index contributed by atoms with van der Waals surface area (Å²) in [6, 6.07) is 1.61. The summed E-state index contributed by atoms with van der Waals surface area (Å²) in [5.74, 6) is -4.22. The van der Waals surface area contributed by atoms with Gasteiger partial charge >= 0.3 is 5.69 Å². The molecule has 26 heavy (non-hydrogen) atoms. The van der Waals surface area contributed by atoms with E-state index in [0.717, 1.165) is 18.5 Å². The van der Waals surface area contributed by atoms with Crippen LogP contribution in [0.1, 0.15) is 5.56 Å². The number of halogens is 3. The number of morpholine rings is 1. The monoisotopic (exact) mass is 369 g/mol. The fourth-order valence-electron chi connectivity index (χ4n) is 2.57. The molecule has 2 aromatic rings. The van der Waals surface area contributed by atoms with Crippen molar-refractivity contribution in [2.45, 2.75) is 6.54 Å². The van der Waals surface area contributed by atoms with Crippen molar-refractivity contribution in [2.24, 2.45) is 0 Å². The highest BCUT2D eigenvalue weighted by Gasteiger charge is 2.28. The molecule has 138 valence electrons. The van der Waals surface area contributed by atoms with Crippen LogP contribution in [0.25, 0.3) is 0 Å². The minimum atomic E-state index is -1.57. The van der Waals surface area contributed by atoms with Crippen molar-refractivity contribution in [2.75, 3.05) is 36.5 Å². The fourth-order valence-corrected chi connectivity index (χ4v) is 2.57. The SMILES string of the molecule is O=[N+]([O-])c1c(NCc2cc(F)c(F)c(F)c2)ncnc1N1CCOCC1. The summed E-state index contributed by atoms with van der Waals surface area (Å²) in [6.45, 7) is 1.52. The molecule has 0 spiro atoms. The van der Waals surface area contributed by atoms with Gasteiger partial charge < -0.3 is 15.0 Å². The lowest BCUT2D eigenvalue weighted by Crippen LogP contribution is -2.37. The lowest BCUT2D eigenvalue weighted by atomic mass is 10.2. The highest BCUT2D eigenvalue weighted by atomic mass is 19.2. The van der Waals surface area contributed by atoms with Gasteiger partial charge in [0.15, 0.2) is 17.5 Å². The Balaban J connectivity index is 1.86. The number of nitrogens with zero attached hydrogens (tertiary/aromatic N) is 4. The summed E-state index contributed by atoms with van der Waals surface area (Å²) in [4.78, 5) is 20.4. The number of anilines is 2. The molecule has 2 heterocycles. The van der Waals surface area contributed by atoms with Gasteiger partial charge in [0.1, 0.15) is 6.33 Å². The molecule has 0 saturated carbocycles. The Morgan fingerprint density at radius 1 is 1.19 bits per heavy atom. The number of hydrogen-bond acceptors (Lipinski definition) is 7. The number of hydrogen-bond donors (Lipinski definition) is 1. The number of rotatable bonds is 5. The van der Waals surface area contributed by atoms with Gasteiger partial charge in [0.05, 0.1) is 18.1 Å². The lowest BCUT2D eigenvalue weighted by Gasteiger charge is -2.27. The van der Waals surface area contributed by atoms with Crippen LogP contribution in [-0.2, 0) is 11.3 Å². The minimum absolute atomic E-state index is 0.0715.